The van der Waals surface area contributed by atoms with Crippen molar-refractivity contribution in [2.45, 2.75) is 50.7 Å². The summed E-state index contributed by atoms with van der Waals surface area (Å²) in [6, 6.07) is 14.9. The van der Waals surface area contributed by atoms with Crippen LogP contribution in [0, 0.1) is 11.3 Å². The monoisotopic (exact) mass is 529 g/mol. The van der Waals surface area contributed by atoms with Crippen molar-refractivity contribution in [1.29, 1.82) is 5.26 Å². The summed E-state index contributed by atoms with van der Waals surface area (Å²) >= 11 is 6.21. The van der Waals surface area contributed by atoms with Crippen LogP contribution < -0.4 is 10.5 Å². The number of pyridine rings is 2. The Morgan fingerprint density at radius 2 is 1.84 bits per heavy atom. The molecule has 1 aliphatic heterocycles. The van der Waals surface area contributed by atoms with Gasteiger partial charge in [-0.15, -0.1) is 0 Å². The average molecular weight is 530 g/mol. The first kappa shape index (κ1) is 24.6. The Bertz CT molecular complexity index is 1600. The first-order valence-electron chi connectivity index (χ1n) is 12.9. The van der Waals surface area contributed by atoms with Crippen LogP contribution in [0.3, 0.4) is 0 Å². The number of aromatic nitrogens is 4. The molecule has 10 heteroatoms. The van der Waals surface area contributed by atoms with Gasteiger partial charge < -0.3 is 14.0 Å². The van der Waals surface area contributed by atoms with Gasteiger partial charge in [-0.25, -0.2) is 4.98 Å². The fourth-order valence-electron chi connectivity index (χ4n) is 5.43. The molecule has 194 valence electrons. The van der Waals surface area contributed by atoms with Crippen LogP contribution in [-0.2, 0) is 7.05 Å². The molecule has 4 heterocycles. The highest BCUT2D eigenvalue weighted by atomic mass is 35.5. The molecule has 3 atom stereocenters. The van der Waals surface area contributed by atoms with Crippen molar-refractivity contribution < 1.29 is 4.52 Å². The molecule has 0 bridgehead atoms. The number of hydrogen-bond acceptors (Lipinski definition) is 8. The summed E-state index contributed by atoms with van der Waals surface area (Å²) < 4.78 is 7.41. The van der Waals surface area contributed by atoms with Gasteiger partial charge in [-0.3, -0.25) is 9.69 Å². The van der Waals surface area contributed by atoms with Crippen molar-refractivity contribution in [3.8, 4) is 6.07 Å². The summed E-state index contributed by atoms with van der Waals surface area (Å²) in [6.45, 7) is 5.63. The van der Waals surface area contributed by atoms with E-state index in [9.17, 15) is 10.1 Å². The van der Waals surface area contributed by atoms with Crippen LogP contribution in [0.4, 0.5) is 5.69 Å². The number of halogens is 1. The van der Waals surface area contributed by atoms with Gasteiger partial charge in [0.1, 0.15) is 23.3 Å². The number of piperazine rings is 1. The summed E-state index contributed by atoms with van der Waals surface area (Å²) in [5.74, 6) is 1.76. The van der Waals surface area contributed by atoms with E-state index < -0.39 is 0 Å². The molecule has 1 unspecified atom stereocenters. The molecule has 0 radical (unpaired) electrons. The second-order valence-corrected chi connectivity index (χ2v) is 10.8. The highest BCUT2D eigenvalue weighted by molar-refractivity contribution is 6.30. The molecule has 1 aliphatic carbocycles. The Morgan fingerprint density at radius 1 is 1.08 bits per heavy atom. The molecule has 0 amide bonds. The number of rotatable bonds is 5. The van der Waals surface area contributed by atoms with E-state index in [2.05, 4.69) is 39.9 Å². The van der Waals surface area contributed by atoms with E-state index >= 15 is 0 Å². The van der Waals surface area contributed by atoms with Crippen LogP contribution in [-0.4, -0.2) is 49.8 Å². The van der Waals surface area contributed by atoms with E-state index in [1.807, 2.05) is 24.3 Å². The van der Waals surface area contributed by atoms with Crippen molar-refractivity contribution in [3.05, 3.63) is 80.8 Å². The zero-order valence-corrected chi connectivity index (χ0v) is 22.3. The Labute approximate surface area is 225 Å². The quantitative estimate of drug-likeness (QED) is 0.374. The second-order valence-electron chi connectivity index (χ2n) is 10.4. The topological polar surface area (TPSA) is 104 Å². The zero-order chi connectivity index (χ0) is 26.6. The van der Waals surface area contributed by atoms with Gasteiger partial charge >= 0.3 is 0 Å². The van der Waals surface area contributed by atoms with Gasteiger partial charge in [0.2, 0.25) is 5.89 Å². The lowest BCUT2D eigenvalue weighted by molar-refractivity contribution is 0.110. The van der Waals surface area contributed by atoms with Gasteiger partial charge in [-0.2, -0.15) is 10.2 Å². The third kappa shape index (κ3) is 4.34. The van der Waals surface area contributed by atoms with Crippen molar-refractivity contribution in [2.24, 2.45) is 7.05 Å². The molecule has 2 fully saturated rings. The lowest BCUT2D eigenvalue weighted by Gasteiger charge is -2.47. The molecule has 1 aromatic carbocycles. The van der Waals surface area contributed by atoms with Gasteiger partial charge in [0, 0.05) is 49.2 Å². The first-order chi connectivity index (χ1) is 18.3. The average Bonchev–Trinajstić information content (AvgIpc) is 3.66. The molecule has 1 saturated carbocycles. The summed E-state index contributed by atoms with van der Waals surface area (Å²) in [5.41, 5.74) is 3.34. The van der Waals surface area contributed by atoms with Crippen molar-refractivity contribution in [2.75, 3.05) is 18.0 Å². The van der Waals surface area contributed by atoms with Gasteiger partial charge in [0.15, 0.2) is 5.82 Å². The van der Waals surface area contributed by atoms with Crippen LogP contribution in [0.25, 0.3) is 11.0 Å². The predicted molar refractivity (Wildman–Crippen MR) is 144 cm³/mol. The Balaban J connectivity index is 1.38. The Kier molecular flexibility index (Phi) is 6.17. The maximum Gasteiger partial charge on any atom is 0.252 e. The summed E-state index contributed by atoms with van der Waals surface area (Å²) in [4.78, 5) is 26.9. The van der Waals surface area contributed by atoms with Crippen molar-refractivity contribution in [3.63, 3.8) is 0 Å². The Hall–Kier alpha value is -3.74. The van der Waals surface area contributed by atoms with Crippen molar-refractivity contribution >= 4 is 28.3 Å². The molecular formula is C28H28ClN7O2. The van der Waals surface area contributed by atoms with Crippen molar-refractivity contribution in [1.82, 2.24) is 24.6 Å². The number of nitrogens with zero attached hydrogens (tertiary/aromatic N) is 7. The van der Waals surface area contributed by atoms with Crippen LogP contribution in [0.15, 0.2) is 51.8 Å². The summed E-state index contributed by atoms with van der Waals surface area (Å²) in [5, 5.41) is 14.4. The Morgan fingerprint density at radius 3 is 2.55 bits per heavy atom. The van der Waals surface area contributed by atoms with E-state index in [4.69, 9.17) is 21.1 Å². The van der Waals surface area contributed by atoms with E-state index in [-0.39, 0.29) is 23.7 Å². The third-order valence-electron chi connectivity index (χ3n) is 7.68. The molecule has 4 aromatic rings. The SMILES string of the molecule is C[C@@H]1CN(c2cc(=O)n(C)c3ccc(C#N)nc23)[C@@H](C)CN1C(c1ccc(Cl)cc1)c1nc(C2CC2)no1. The highest BCUT2D eigenvalue weighted by Gasteiger charge is 2.39. The predicted octanol–water partition coefficient (Wildman–Crippen LogP) is 4.41. The maximum atomic E-state index is 12.9. The highest BCUT2D eigenvalue weighted by Crippen LogP contribution is 2.40. The van der Waals surface area contributed by atoms with Gasteiger partial charge in [0.25, 0.3) is 5.56 Å². The van der Waals surface area contributed by atoms with Crippen LogP contribution in [0.2, 0.25) is 5.02 Å². The van der Waals surface area contributed by atoms with Crippen LogP contribution in [0.5, 0.6) is 0 Å². The molecule has 3 aromatic heterocycles. The van der Waals surface area contributed by atoms with Gasteiger partial charge in [0.05, 0.1) is 11.2 Å². The summed E-state index contributed by atoms with van der Waals surface area (Å²) in [7, 11) is 1.73. The standard InChI is InChI=1S/C28H28ClN7O2/c1-16-15-36(26(18-6-8-20(29)9-7-18)28-32-27(33-38-28)19-4-5-19)17(2)14-35(16)23-12-24(37)34(3)22-11-10-21(13-30)31-25(22)23/h6-12,16-17,19,26H,4-5,14-15H2,1-3H3/t16-,17+,26?/m0/s1. The minimum Gasteiger partial charge on any atom is -0.364 e. The number of benzene rings is 1. The fraction of sp³-hybridized carbons (Fsp3) is 0.393. The fourth-order valence-corrected chi connectivity index (χ4v) is 5.55. The molecule has 2 aliphatic rings. The summed E-state index contributed by atoms with van der Waals surface area (Å²) in [6.07, 6.45) is 2.20. The maximum absolute atomic E-state index is 12.9. The molecule has 38 heavy (non-hydrogen) atoms. The molecule has 0 spiro atoms. The van der Waals surface area contributed by atoms with E-state index in [1.165, 1.54) is 0 Å². The van der Waals surface area contributed by atoms with Gasteiger partial charge in [-0.1, -0.05) is 28.9 Å². The van der Waals surface area contributed by atoms with E-state index in [0.717, 1.165) is 29.9 Å². The number of nitriles is 1. The number of hydrogen-bond donors (Lipinski definition) is 0. The zero-order valence-electron chi connectivity index (χ0n) is 21.5. The number of fused-ring (bicyclic) bond motifs is 1. The lowest BCUT2D eigenvalue weighted by Crippen LogP contribution is -2.57. The molecule has 0 N–H and O–H groups in total. The lowest BCUT2D eigenvalue weighted by atomic mass is 9.98. The van der Waals surface area contributed by atoms with Crippen LogP contribution in [0.1, 0.15) is 61.6 Å². The molecule has 1 saturated heterocycles. The van der Waals surface area contributed by atoms with Gasteiger partial charge in [-0.05, 0) is 56.5 Å². The van der Waals surface area contributed by atoms with Crippen LogP contribution >= 0.6 is 11.6 Å². The largest absolute Gasteiger partial charge is 0.364 e. The molecular weight excluding hydrogens is 502 g/mol. The van der Waals surface area contributed by atoms with E-state index in [1.54, 1.807) is 29.8 Å². The minimum absolute atomic E-state index is 0.0367. The molecule has 9 nitrogen and oxygen atoms in total. The molecule has 6 rings (SSSR count). The second kappa shape index (κ2) is 9.53. The minimum atomic E-state index is -0.226. The number of anilines is 1. The smallest absolute Gasteiger partial charge is 0.252 e. The number of aryl methyl sites for hydroxylation is 1. The first-order valence-corrected chi connectivity index (χ1v) is 13.2. The van der Waals surface area contributed by atoms with E-state index in [0.29, 0.717) is 46.6 Å². The third-order valence-corrected chi connectivity index (χ3v) is 7.93. The normalized spacial score (nSPS) is 21.0.